The highest BCUT2D eigenvalue weighted by molar-refractivity contribution is 7.92. The first-order valence-electron chi connectivity index (χ1n) is 7.26. The fourth-order valence-corrected chi connectivity index (χ4v) is 3.02. The molecule has 1 heterocycles. The molecule has 2 rings (SSSR count). The lowest BCUT2D eigenvalue weighted by Crippen LogP contribution is -2.34. The smallest absolute Gasteiger partial charge is 0.232 e. The molecule has 0 saturated carbocycles. The summed E-state index contributed by atoms with van der Waals surface area (Å²) in [6.07, 6.45) is 2.59. The molecule has 24 heavy (non-hydrogen) atoms. The van der Waals surface area contributed by atoms with Gasteiger partial charge in [0.1, 0.15) is 5.82 Å². The van der Waals surface area contributed by atoms with Crippen molar-refractivity contribution < 1.29 is 17.6 Å². The first kappa shape index (κ1) is 17.9. The Morgan fingerprint density at radius 3 is 2.67 bits per heavy atom. The van der Waals surface area contributed by atoms with Gasteiger partial charge in [0, 0.05) is 19.2 Å². The van der Waals surface area contributed by atoms with Crippen LogP contribution < -0.4 is 9.62 Å². The maximum Gasteiger partial charge on any atom is 0.232 e. The third-order valence-corrected chi connectivity index (χ3v) is 4.43. The molecule has 2 aromatic rings. The lowest BCUT2D eigenvalue weighted by Gasteiger charge is -2.22. The largest absolute Gasteiger partial charge is 0.350 e. The van der Waals surface area contributed by atoms with Gasteiger partial charge in [-0.25, -0.2) is 12.8 Å². The van der Waals surface area contributed by atoms with E-state index in [-0.39, 0.29) is 31.1 Å². The lowest BCUT2D eigenvalue weighted by atomic mass is 10.3. The van der Waals surface area contributed by atoms with E-state index in [4.69, 9.17) is 0 Å². The van der Waals surface area contributed by atoms with Crippen molar-refractivity contribution >= 4 is 21.6 Å². The van der Waals surface area contributed by atoms with E-state index in [2.05, 4.69) is 10.3 Å². The molecule has 0 radical (unpaired) electrons. The molecule has 0 bridgehead atoms. The second kappa shape index (κ2) is 7.87. The van der Waals surface area contributed by atoms with Crippen LogP contribution in [0.25, 0.3) is 0 Å². The van der Waals surface area contributed by atoms with E-state index in [0.29, 0.717) is 5.69 Å². The third-order valence-electron chi connectivity index (χ3n) is 3.23. The molecule has 0 spiro atoms. The Kier molecular flexibility index (Phi) is 5.86. The minimum Gasteiger partial charge on any atom is -0.350 e. The number of hydrogen-bond donors (Lipinski definition) is 1. The number of carbonyl (C=O) groups excluding carboxylic acids is 1. The highest BCUT2D eigenvalue weighted by atomic mass is 32.2. The number of nitrogens with zero attached hydrogens (tertiary/aromatic N) is 2. The fraction of sp³-hybridized carbons (Fsp3) is 0.250. The average molecular weight is 351 g/mol. The summed E-state index contributed by atoms with van der Waals surface area (Å²) >= 11 is 0. The Balaban J connectivity index is 1.97. The predicted molar refractivity (Wildman–Crippen MR) is 89.3 cm³/mol. The number of amides is 1. The molecule has 128 valence electrons. The summed E-state index contributed by atoms with van der Waals surface area (Å²) in [5, 5.41) is 2.67. The van der Waals surface area contributed by atoms with Crippen LogP contribution in [-0.2, 0) is 21.4 Å². The number of nitrogens with one attached hydrogen (secondary N) is 1. The fourth-order valence-electron chi connectivity index (χ4n) is 2.10. The number of rotatable bonds is 7. The first-order chi connectivity index (χ1) is 11.4. The van der Waals surface area contributed by atoms with Crippen LogP contribution in [0.1, 0.15) is 12.1 Å². The number of sulfonamides is 1. The Labute approximate surface area is 140 Å². The van der Waals surface area contributed by atoms with E-state index in [1.165, 1.54) is 18.2 Å². The van der Waals surface area contributed by atoms with Gasteiger partial charge in [-0.1, -0.05) is 12.1 Å². The van der Waals surface area contributed by atoms with Gasteiger partial charge in [-0.3, -0.25) is 14.1 Å². The summed E-state index contributed by atoms with van der Waals surface area (Å²) in [7, 11) is -3.62. The van der Waals surface area contributed by atoms with Crippen molar-refractivity contribution in [2.75, 3.05) is 17.1 Å². The van der Waals surface area contributed by atoms with Crippen molar-refractivity contribution in [1.82, 2.24) is 10.3 Å². The van der Waals surface area contributed by atoms with Gasteiger partial charge in [-0.05, 0) is 30.3 Å². The zero-order chi connectivity index (χ0) is 17.6. The molecule has 0 fully saturated rings. The van der Waals surface area contributed by atoms with Gasteiger partial charge >= 0.3 is 0 Å². The number of hydrogen-bond acceptors (Lipinski definition) is 4. The number of pyridine rings is 1. The van der Waals surface area contributed by atoms with Crippen molar-refractivity contribution in [2.45, 2.75) is 13.0 Å². The van der Waals surface area contributed by atoms with E-state index >= 15 is 0 Å². The molecule has 1 aromatic heterocycles. The van der Waals surface area contributed by atoms with E-state index in [1.54, 1.807) is 18.3 Å². The van der Waals surface area contributed by atoms with Crippen LogP contribution in [-0.4, -0.2) is 32.1 Å². The van der Waals surface area contributed by atoms with Crippen molar-refractivity contribution in [2.24, 2.45) is 0 Å². The maximum absolute atomic E-state index is 13.3. The molecule has 1 aromatic carbocycles. The van der Waals surface area contributed by atoms with Crippen LogP contribution in [0.5, 0.6) is 0 Å². The van der Waals surface area contributed by atoms with Crippen LogP contribution in [0.3, 0.4) is 0 Å². The van der Waals surface area contributed by atoms with E-state index in [9.17, 15) is 17.6 Å². The monoisotopic (exact) mass is 351 g/mol. The molecular weight excluding hydrogens is 333 g/mol. The number of halogens is 1. The summed E-state index contributed by atoms with van der Waals surface area (Å²) in [6.45, 7) is 0.189. The van der Waals surface area contributed by atoms with Crippen LogP contribution in [0.15, 0.2) is 48.7 Å². The SMILES string of the molecule is CS(=O)(=O)N(CCC(=O)NCc1ccccn1)c1cccc(F)c1. The Bertz CT molecular complexity index is 797. The molecular formula is C16H18FN3O3S. The summed E-state index contributed by atoms with van der Waals surface area (Å²) in [4.78, 5) is 16.0. The number of anilines is 1. The van der Waals surface area contributed by atoms with Gasteiger partial charge in [-0.2, -0.15) is 0 Å². The molecule has 0 unspecified atom stereocenters. The Morgan fingerprint density at radius 2 is 2.04 bits per heavy atom. The van der Waals surface area contributed by atoms with Crippen LogP contribution in [0.4, 0.5) is 10.1 Å². The molecule has 0 saturated heterocycles. The summed E-state index contributed by atoms with van der Waals surface area (Å²) in [5.41, 5.74) is 0.894. The quantitative estimate of drug-likeness (QED) is 0.823. The molecule has 0 aliphatic heterocycles. The van der Waals surface area contributed by atoms with Gasteiger partial charge in [0.25, 0.3) is 0 Å². The second-order valence-electron chi connectivity index (χ2n) is 5.16. The van der Waals surface area contributed by atoms with Crippen LogP contribution >= 0.6 is 0 Å². The van der Waals surface area contributed by atoms with Gasteiger partial charge in [0.2, 0.25) is 15.9 Å². The van der Waals surface area contributed by atoms with Crippen LogP contribution in [0.2, 0.25) is 0 Å². The average Bonchev–Trinajstić information content (AvgIpc) is 2.53. The summed E-state index contributed by atoms with van der Waals surface area (Å²) in [5.74, 6) is -0.855. The first-order valence-corrected chi connectivity index (χ1v) is 9.11. The number of benzene rings is 1. The highest BCUT2D eigenvalue weighted by Crippen LogP contribution is 2.18. The van der Waals surface area contributed by atoms with Gasteiger partial charge in [0.05, 0.1) is 24.2 Å². The standard InChI is InChI=1S/C16H18FN3O3S/c1-24(22,23)20(15-7-4-5-13(17)11-15)10-8-16(21)19-12-14-6-2-3-9-18-14/h2-7,9,11H,8,10,12H2,1H3,(H,19,21). The Morgan fingerprint density at radius 1 is 1.25 bits per heavy atom. The summed E-state index contributed by atoms with van der Waals surface area (Å²) < 4.78 is 38.1. The van der Waals surface area contributed by atoms with Crippen molar-refractivity contribution in [1.29, 1.82) is 0 Å². The second-order valence-corrected chi connectivity index (χ2v) is 7.07. The molecule has 1 N–H and O–H groups in total. The van der Waals surface area contributed by atoms with E-state index < -0.39 is 15.8 Å². The molecule has 6 nitrogen and oxygen atoms in total. The Hall–Kier alpha value is -2.48. The lowest BCUT2D eigenvalue weighted by molar-refractivity contribution is -0.121. The van der Waals surface area contributed by atoms with Crippen molar-refractivity contribution in [3.05, 3.63) is 60.2 Å². The highest BCUT2D eigenvalue weighted by Gasteiger charge is 2.19. The van der Waals surface area contributed by atoms with Gasteiger partial charge in [0.15, 0.2) is 0 Å². The predicted octanol–water partition coefficient (Wildman–Crippen LogP) is 1.69. The molecule has 0 aliphatic rings. The molecule has 1 amide bonds. The minimum atomic E-state index is -3.62. The van der Waals surface area contributed by atoms with Crippen LogP contribution in [0, 0.1) is 5.82 Å². The molecule has 0 aliphatic carbocycles. The van der Waals surface area contributed by atoms with Crippen molar-refractivity contribution in [3.8, 4) is 0 Å². The van der Waals surface area contributed by atoms with E-state index in [1.807, 2.05) is 6.07 Å². The van der Waals surface area contributed by atoms with Gasteiger partial charge < -0.3 is 5.32 Å². The zero-order valence-electron chi connectivity index (χ0n) is 13.1. The minimum absolute atomic E-state index is 0.0452. The van der Waals surface area contributed by atoms with Gasteiger partial charge in [-0.15, -0.1) is 0 Å². The topological polar surface area (TPSA) is 79.4 Å². The number of aromatic nitrogens is 1. The molecule has 0 atom stereocenters. The maximum atomic E-state index is 13.3. The van der Waals surface area contributed by atoms with Crippen molar-refractivity contribution in [3.63, 3.8) is 0 Å². The van der Waals surface area contributed by atoms with E-state index in [0.717, 1.165) is 16.6 Å². The third kappa shape index (κ3) is 5.31. The molecule has 8 heteroatoms. The summed E-state index contributed by atoms with van der Waals surface area (Å²) in [6, 6.07) is 10.6. The number of carbonyl (C=O) groups is 1. The zero-order valence-corrected chi connectivity index (χ0v) is 14.0. The normalized spacial score (nSPS) is 11.1.